The molecule has 3 aromatic rings. The molecule has 0 N–H and O–H groups in total. The number of esters is 1. The van der Waals surface area contributed by atoms with Gasteiger partial charge in [-0.3, -0.25) is 9.59 Å². The number of anilines is 1. The van der Waals surface area contributed by atoms with E-state index in [-0.39, 0.29) is 29.1 Å². The molecule has 0 saturated carbocycles. The molecule has 3 aromatic carbocycles. The standard InChI is InChI=1S/C29H30N2O6S/c1-18-15-19(2)21(4)27(20(18)3)38(35,36)30(17-22-9-7-6-8-10-22)25-16-26(32)31(28(25)33)24-13-11-23(12-14-24)29(34)37-5/h6-15,25H,16-17H2,1-5H3. The number of rotatable bonds is 7. The second kappa shape index (κ2) is 10.5. The van der Waals surface area contributed by atoms with Gasteiger partial charge in [-0.1, -0.05) is 36.4 Å². The lowest BCUT2D eigenvalue weighted by atomic mass is 10.0. The van der Waals surface area contributed by atoms with Gasteiger partial charge in [0, 0.05) is 6.54 Å². The summed E-state index contributed by atoms with van der Waals surface area (Å²) in [5.74, 6) is -1.71. The van der Waals surface area contributed by atoms with E-state index < -0.39 is 33.8 Å². The molecule has 1 aliphatic heterocycles. The van der Waals surface area contributed by atoms with Gasteiger partial charge < -0.3 is 4.74 Å². The molecule has 0 aliphatic carbocycles. The quantitative estimate of drug-likeness (QED) is 0.332. The first-order valence-corrected chi connectivity index (χ1v) is 13.6. The fraction of sp³-hybridized carbons (Fsp3) is 0.276. The minimum Gasteiger partial charge on any atom is -0.465 e. The first-order chi connectivity index (χ1) is 18.0. The Labute approximate surface area is 222 Å². The van der Waals surface area contributed by atoms with E-state index in [4.69, 9.17) is 4.74 Å². The zero-order valence-corrected chi connectivity index (χ0v) is 22.8. The van der Waals surface area contributed by atoms with Crippen molar-refractivity contribution in [3.05, 3.63) is 94.0 Å². The highest BCUT2D eigenvalue weighted by Crippen LogP contribution is 2.34. The number of carbonyl (C=O) groups is 3. The first kappa shape index (κ1) is 27.2. The maximum absolute atomic E-state index is 14.3. The van der Waals surface area contributed by atoms with Crippen LogP contribution in [0.25, 0.3) is 0 Å². The van der Waals surface area contributed by atoms with E-state index in [1.807, 2.05) is 26.0 Å². The number of imide groups is 1. The zero-order valence-electron chi connectivity index (χ0n) is 22.0. The average Bonchev–Trinajstić information content (AvgIpc) is 3.19. The topological polar surface area (TPSA) is 101 Å². The van der Waals surface area contributed by atoms with E-state index >= 15 is 0 Å². The van der Waals surface area contributed by atoms with Gasteiger partial charge in [0.2, 0.25) is 15.9 Å². The van der Waals surface area contributed by atoms with Crippen LogP contribution in [0.3, 0.4) is 0 Å². The second-order valence-electron chi connectivity index (χ2n) is 9.45. The summed E-state index contributed by atoms with van der Waals surface area (Å²) in [5.41, 5.74) is 4.08. The molecule has 1 saturated heterocycles. The van der Waals surface area contributed by atoms with Gasteiger partial charge in [-0.15, -0.1) is 0 Å². The number of aryl methyl sites for hydroxylation is 2. The number of hydrogen-bond donors (Lipinski definition) is 0. The summed E-state index contributed by atoms with van der Waals surface area (Å²) in [6.45, 7) is 7.14. The minimum atomic E-state index is -4.20. The van der Waals surface area contributed by atoms with Crippen LogP contribution in [-0.2, 0) is 30.9 Å². The molecule has 0 radical (unpaired) electrons. The summed E-state index contributed by atoms with van der Waals surface area (Å²) >= 11 is 0. The van der Waals surface area contributed by atoms with Gasteiger partial charge in [-0.05, 0) is 79.8 Å². The number of carbonyl (C=O) groups excluding carboxylic acids is 3. The molecular weight excluding hydrogens is 504 g/mol. The van der Waals surface area contributed by atoms with Crippen molar-refractivity contribution < 1.29 is 27.5 Å². The molecule has 1 atom stereocenters. The van der Waals surface area contributed by atoms with Crippen LogP contribution in [0, 0.1) is 27.7 Å². The Morgan fingerprint density at radius 1 is 0.947 bits per heavy atom. The van der Waals surface area contributed by atoms with Crippen molar-refractivity contribution >= 4 is 33.5 Å². The van der Waals surface area contributed by atoms with Crippen molar-refractivity contribution in [2.45, 2.75) is 51.6 Å². The Kier molecular flexibility index (Phi) is 7.53. The highest BCUT2D eigenvalue weighted by atomic mass is 32.2. The Balaban J connectivity index is 1.79. The van der Waals surface area contributed by atoms with Gasteiger partial charge in [0.1, 0.15) is 6.04 Å². The molecule has 38 heavy (non-hydrogen) atoms. The molecule has 9 heteroatoms. The van der Waals surface area contributed by atoms with Gasteiger partial charge in [-0.25, -0.2) is 18.1 Å². The second-order valence-corrected chi connectivity index (χ2v) is 11.3. The van der Waals surface area contributed by atoms with Crippen LogP contribution in [0.15, 0.2) is 65.6 Å². The van der Waals surface area contributed by atoms with Gasteiger partial charge in [0.25, 0.3) is 5.91 Å². The Morgan fingerprint density at radius 2 is 1.53 bits per heavy atom. The van der Waals surface area contributed by atoms with E-state index in [1.54, 1.807) is 38.1 Å². The number of nitrogens with zero attached hydrogens (tertiary/aromatic N) is 2. The largest absolute Gasteiger partial charge is 0.465 e. The lowest BCUT2D eigenvalue weighted by Crippen LogP contribution is -2.45. The van der Waals surface area contributed by atoms with E-state index in [0.29, 0.717) is 16.7 Å². The summed E-state index contributed by atoms with van der Waals surface area (Å²) in [6.07, 6.45) is -0.299. The molecule has 1 aliphatic rings. The summed E-state index contributed by atoms with van der Waals surface area (Å²) in [4.78, 5) is 39.8. The molecule has 8 nitrogen and oxygen atoms in total. The highest BCUT2D eigenvalue weighted by molar-refractivity contribution is 7.89. The fourth-order valence-electron chi connectivity index (χ4n) is 4.79. The Bertz CT molecular complexity index is 1490. The smallest absolute Gasteiger partial charge is 0.337 e. The van der Waals surface area contributed by atoms with Crippen molar-refractivity contribution in [1.29, 1.82) is 0 Å². The fourth-order valence-corrected chi connectivity index (χ4v) is 6.94. The number of ether oxygens (including phenoxy) is 1. The lowest BCUT2D eigenvalue weighted by Gasteiger charge is -2.29. The molecule has 1 fully saturated rings. The molecule has 0 bridgehead atoms. The third kappa shape index (κ3) is 4.87. The molecule has 1 unspecified atom stereocenters. The van der Waals surface area contributed by atoms with Crippen molar-refractivity contribution in [2.75, 3.05) is 12.0 Å². The predicted molar refractivity (Wildman–Crippen MR) is 143 cm³/mol. The van der Waals surface area contributed by atoms with Crippen molar-refractivity contribution in [2.24, 2.45) is 0 Å². The summed E-state index contributed by atoms with van der Waals surface area (Å²) in [7, 11) is -2.94. The summed E-state index contributed by atoms with van der Waals surface area (Å²) < 4.78 is 34.5. The Hall–Kier alpha value is -3.82. The monoisotopic (exact) mass is 534 g/mol. The van der Waals surface area contributed by atoms with Gasteiger partial charge in [0.15, 0.2) is 0 Å². The van der Waals surface area contributed by atoms with Crippen molar-refractivity contribution in [1.82, 2.24) is 4.31 Å². The number of benzene rings is 3. The zero-order chi connectivity index (χ0) is 27.8. The molecular formula is C29H30N2O6S. The number of sulfonamides is 1. The average molecular weight is 535 g/mol. The molecule has 1 heterocycles. The van der Waals surface area contributed by atoms with E-state index in [2.05, 4.69) is 0 Å². The molecule has 198 valence electrons. The molecule has 0 spiro atoms. The minimum absolute atomic E-state index is 0.0755. The van der Waals surface area contributed by atoms with Crippen LogP contribution in [0.4, 0.5) is 5.69 Å². The third-order valence-electron chi connectivity index (χ3n) is 7.06. The van der Waals surface area contributed by atoms with Crippen molar-refractivity contribution in [3.8, 4) is 0 Å². The molecule has 4 rings (SSSR count). The van der Waals surface area contributed by atoms with Crippen LogP contribution in [0.5, 0.6) is 0 Å². The summed E-state index contributed by atoms with van der Waals surface area (Å²) in [6, 6.07) is 15.5. The first-order valence-electron chi connectivity index (χ1n) is 12.2. The van der Waals surface area contributed by atoms with Crippen molar-refractivity contribution in [3.63, 3.8) is 0 Å². The van der Waals surface area contributed by atoms with Crippen LogP contribution in [0.1, 0.15) is 44.6 Å². The molecule has 2 amide bonds. The van der Waals surface area contributed by atoms with Crippen LogP contribution < -0.4 is 4.90 Å². The van der Waals surface area contributed by atoms with Gasteiger partial charge in [-0.2, -0.15) is 4.31 Å². The third-order valence-corrected chi connectivity index (χ3v) is 9.19. The van der Waals surface area contributed by atoms with E-state index in [0.717, 1.165) is 20.3 Å². The van der Waals surface area contributed by atoms with E-state index in [1.165, 1.54) is 31.4 Å². The van der Waals surface area contributed by atoms with Crippen LogP contribution >= 0.6 is 0 Å². The van der Waals surface area contributed by atoms with E-state index in [9.17, 15) is 22.8 Å². The SMILES string of the molecule is COC(=O)c1ccc(N2C(=O)CC(N(Cc3ccccc3)S(=O)(=O)c3c(C)c(C)cc(C)c3C)C2=O)cc1. The highest BCUT2D eigenvalue weighted by Gasteiger charge is 2.47. The maximum Gasteiger partial charge on any atom is 0.337 e. The predicted octanol–water partition coefficient (Wildman–Crippen LogP) is 4.23. The number of methoxy groups -OCH3 is 1. The van der Waals surface area contributed by atoms with Gasteiger partial charge >= 0.3 is 5.97 Å². The summed E-state index contributed by atoms with van der Waals surface area (Å²) in [5, 5.41) is 0. The van der Waals surface area contributed by atoms with Crippen LogP contribution in [0.2, 0.25) is 0 Å². The molecule has 0 aromatic heterocycles. The number of amides is 2. The van der Waals surface area contributed by atoms with Crippen LogP contribution in [-0.4, -0.2) is 43.7 Å². The maximum atomic E-state index is 14.3. The lowest BCUT2D eigenvalue weighted by molar-refractivity contribution is -0.122. The van der Waals surface area contributed by atoms with Gasteiger partial charge in [0.05, 0.1) is 29.7 Å². The Morgan fingerprint density at radius 3 is 2.08 bits per heavy atom. The normalized spacial score (nSPS) is 15.8. The number of hydrogen-bond acceptors (Lipinski definition) is 6.